The smallest absolute Gasteiger partial charge is 0.323 e. The van der Waals surface area contributed by atoms with E-state index in [1.807, 2.05) is 37.3 Å². The lowest BCUT2D eigenvalue weighted by atomic mass is 10.1. The molecular formula is C11H15NO2. The van der Waals surface area contributed by atoms with Crippen molar-refractivity contribution in [2.24, 2.45) is 5.73 Å². The Labute approximate surface area is 83.9 Å². The predicted molar refractivity (Wildman–Crippen MR) is 54.6 cm³/mol. The van der Waals surface area contributed by atoms with E-state index in [0.29, 0.717) is 0 Å². The van der Waals surface area contributed by atoms with Gasteiger partial charge < -0.3 is 10.5 Å². The molecule has 14 heavy (non-hydrogen) atoms. The van der Waals surface area contributed by atoms with E-state index in [1.54, 1.807) is 6.92 Å². The summed E-state index contributed by atoms with van der Waals surface area (Å²) in [7, 11) is 0. The van der Waals surface area contributed by atoms with Crippen LogP contribution in [-0.4, -0.2) is 12.0 Å². The lowest BCUT2D eigenvalue weighted by molar-refractivity contribution is -0.149. The Balaban J connectivity index is 2.59. The maximum atomic E-state index is 11.2. The summed E-state index contributed by atoms with van der Waals surface area (Å²) >= 11 is 0. The zero-order valence-corrected chi connectivity index (χ0v) is 8.44. The first kappa shape index (κ1) is 10.7. The first-order valence-electron chi connectivity index (χ1n) is 4.62. The summed E-state index contributed by atoms with van der Waals surface area (Å²) in [6, 6.07) is 9.00. The molecule has 0 aliphatic carbocycles. The van der Waals surface area contributed by atoms with Gasteiger partial charge in [0.05, 0.1) is 0 Å². The van der Waals surface area contributed by atoms with E-state index in [2.05, 4.69) is 0 Å². The molecular weight excluding hydrogens is 178 g/mol. The standard InChI is InChI=1S/C11H15NO2/c1-8(12)11(13)14-9(2)10-6-4-3-5-7-10/h3-9H,12H2,1-2H3. The van der Waals surface area contributed by atoms with Gasteiger partial charge in [-0.15, -0.1) is 0 Å². The number of ether oxygens (including phenoxy) is 1. The minimum Gasteiger partial charge on any atom is -0.457 e. The minimum absolute atomic E-state index is 0.241. The van der Waals surface area contributed by atoms with Gasteiger partial charge in [0.2, 0.25) is 0 Å². The highest BCUT2D eigenvalue weighted by Gasteiger charge is 2.14. The summed E-state index contributed by atoms with van der Waals surface area (Å²) in [5, 5.41) is 0. The van der Waals surface area contributed by atoms with Crippen molar-refractivity contribution in [3.05, 3.63) is 35.9 Å². The molecule has 0 saturated heterocycles. The Hall–Kier alpha value is -1.35. The van der Waals surface area contributed by atoms with Crippen molar-refractivity contribution in [3.63, 3.8) is 0 Å². The van der Waals surface area contributed by atoms with Crippen molar-refractivity contribution in [3.8, 4) is 0 Å². The summed E-state index contributed by atoms with van der Waals surface area (Å²) < 4.78 is 5.13. The van der Waals surface area contributed by atoms with Crippen LogP contribution < -0.4 is 5.73 Å². The average Bonchev–Trinajstić information content (AvgIpc) is 2.19. The monoisotopic (exact) mass is 193 g/mol. The van der Waals surface area contributed by atoms with Crippen LogP contribution in [0, 0.1) is 0 Å². The number of hydrogen-bond donors (Lipinski definition) is 1. The zero-order valence-electron chi connectivity index (χ0n) is 8.44. The molecule has 1 aromatic rings. The van der Waals surface area contributed by atoms with Crippen molar-refractivity contribution in [2.45, 2.75) is 26.0 Å². The quantitative estimate of drug-likeness (QED) is 0.742. The number of carbonyl (C=O) groups is 1. The van der Waals surface area contributed by atoms with Gasteiger partial charge in [-0.1, -0.05) is 30.3 Å². The van der Waals surface area contributed by atoms with Gasteiger partial charge >= 0.3 is 5.97 Å². The van der Waals surface area contributed by atoms with Gasteiger partial charge in [0.1, 0.15) is 12.1 Å². The molecule has 1 rings (SSSR count). The molecule has 0 fully saturated rings. The van der Waals surface area contributed by atoms with Gasteiger partial charge in [-0.2, -0.15) is 0 Å². The van der Waals surface area contributed by atoms with Crippen LogP contribution in [-0.2, 0) is 9.53 Å². The zero-order chi connectivity index (χ0) is 10.6. The molecule has 0 spiro atoms. The molecule has 0 aliphatic heterocycles. The lowest BCUT2D eigenvalue weighted by Gasteiger charge is -2.14. The van der Waals surface area contributed by atoms with E-state index in [-0.39, 0.29) is 12.1 Å². The van der Waals surface area contributed by atoms with Crippen LogP contribution in [0.25, 0.3) is 0 Å². The highest BCUT2D eigenvalue weighted by Crippen LogP contribution is 2.16. The minimum atomic E-state index is -0.568. The van der Waals surface area contributed by atoms with Crippen LogP contribution in [0.15, 0.2) is 30.3 Å². The maximum absolute atomic E-state index is 11.2. The Morgan fingerprint density at radius 2 is 1.86 bits per heavy atom. The maximum Gasteiger partial charge on any atom is 0.323 e. The normalized spacial score (nSPS) is 14.5. The fraction of sp³-hybridized carbons (Fsp3) is 0.364. The second kappa shape index (κ2) is 4.77. The van der Waals surface area contributed by atoms with E-state index in [9.17, 15) is 4.79 Å². The molecule has 2 unspecified atom stereocenters. The fourth-order valence-electron chi connectivity index (χ4n) is 1.07. The van der Waals surface area contributed by atoms with Crippen LogP contribution in [0.2, 0.25) is 0 Å². The van der Waals surface area contributed by atoms with Gasteiger partial charge in [-0.05, 0) is 19.4 Å². The first-order chi connectivity index (χ1) is 6.61. The van der Waals surface area contributed by atoms with Crippen molar-refractivity contribution < 1.29 is 9.53 Å². The third-order valence-corrected chi connectivity index (χ3v) is 1.93. The van der Waals surface area contributed by atoms with Crippen molar-refractivity contribution >= 4 is 5.97 Å². The van der Waals surface area contributed by atoms with Gasteiger partial charge in [0.15, 0.2) is 0 Å². The second-order valence-electron chi connectivity index (χ2n) is 3.28. The Morgan fingerprint density at radius 1 is 1.29 bits per heavy atom. The average molecular weight is 193 g/mol. The Kier molecular flexibility index (Phi) is 3.65. The van der Waals surface area contributed by atoms with E-state index in [1.165, 1.54) is 0 Å². The molecule has 0 saturated carbocycles. The molecule has 0 amide bonds. The van der Waals surface area contributed by atoms with E-state index in [0.717, 1.165) is 5.56 Å². The molecule has 0 bridgehead atoms. The molecule has 76 valence electrons. The number of esters is 1. The van der Waals surface area contributed by atoms with Crippen LogP contribution in [0.5, 0.6) is 0 Å². The van der Waals surface area contributed by atoms with Crippen LogP contribution in [0.1, 0.15) is 25.5 Å². The van der Waals surface area contributed by atoms with Crippen molar-refractivity contribution in [2.75, 3.05) is 0 Å². The van der Waals surface area contributed by atoms with E-state index in [4.69, 9.17) is 10.5 Å². The molecule has 0 heterocycles. The summed E-state index contributed by atoms with van der Waals surface area (Å²) in [6.07, 6.45) is -0.241. The molecule has 3 heteroatoms. The highest BCUT2D eigenvalue weighted by atomic mass is 16.5. The van der Waals surface area contributed by atoms with E-state index >= 15 is 0 Å². The number of carbonyl (C=O) groups excluding carboxylic acids is 1. The third kappa shape index (κ3) is 2.85. The summed E-state index contributed by atoms with van der Waals surface area (Å²) in [4.78, 5) is 11.2. The second-order valence-corrected chi connectivity index (χ2v) is 3.28. The summed E-state index contributed by atoms with van der Waals surface area (Å²) in [5.41, 5.74) is 6.36. The van der Waals surface area contributed by atoms with Gasteiger partial charge in [-0.3, -0.25) is 4.79 Å². The molecule has 0 aromatic heterocycles. The molecule has 2 atom stereocenters. The SMILES string of the molecule is CC(N)C(=O)OC(C)c1ccccc1. The van der Waals surface area contributed by atoms with Gasteiger partial charge in [-0.25, -0.2) is 0 Å². The van der Waals surface area contributed by atoms with E-state index < -0.39 is 6.04 Å². The van der Waals surface area contributed by atoms with Crippen molar-refractivity contribution in [1.82, 2.24) is 0 Å². The molecule has 1 aromatic carbocycles. The summed E-state index contributed by atoms with van der Waals surface area (Å²) in [5.74, 6) is -0.374. The largest absolute Gasteiger partial charge is 0.457 e. The number of nitrogens with two attached hydrogens (primary N) is 1. The van der Waals surface area contributed by atoms with Gasteiger partial charge in [0.25, 0.3) is 0 Å². The first-order valence-corrected chi connectivity index (χ1v) is 4.62. The highest BCUT2D eigenvalue weighted by molar-refractivity contribution is 5.75. The van der Waals surface area contributed by atoms with Crippen LogP contribution in [0.3, 0.4) is 0 Å². The van der Waals surface area contributed by atoms with Gasteiger partial charge in [0, 0.05) is 0 Å². The predicted octanol–water partition coefficient (Wildman–Crippen LogP) is 1.64. The van der Waals surface area contributed by atoms with Crippen LogP contribution >= 0.6 is 0 Å². The topological polar surface area (TPSA) is 52.3 Å². The fourth-order valence-corrected chi connectivity index (χ4v) is 1.07. The van der Waals surface area contributed by atoms with Crippen molar-refractivity contribution in [1.29, 1.82) is 0 Å². The molecule has 0 aliphatic rings. The molecule has 2 N–H and O–H groups in total. The lowest BCUT2D eigenvalue weighted by Crippen LogP contribution is -2.29. The number of hydrogen-bond acceptors (Lipinski definition) is 3. The number of benzene rings is 1. The summed E-state index contributed by atoms with van der Waals surface area (Å²) in [6.45, 7) is 3.44. The molecule has 3 nitrogen and oxygen atoms in total. The third-order valence-electron chi connectivity index (χ3n) is 1.93. The van der Waals surface area contributed by atoms with Crippen LogP contribution in [0.4, 0.5) is 0 Å². The molecule has 0 radical (unpaired) electrons. The Morgan fingerprint density at radius 3 is 2.36 bits per heavy atom. The number of rotatable bonds is 3. The Bertz CT molecular complexity index is 295.